The first-order chi connectivity index (χ1) is 13.2. The molecule has 2 aromatic carbocycles. The van der Waals surface area contributed by atoms with Gasteiger partial charge in [0.05, 0.1) is 4.88 Å². The molecule has 140 valence electrons. The Morgan fingerprint density at radius 1 is 1.07 bits per heavy atom. The molecule has 0 aliphatic rings. The maximum absolute atomic E-state index is 12.3. The van der Waals surface area contributed by atoms with Crippen LogP contribution in [-0.4, -0.2) is 24.7 Å². The van der Waals surface area contributed by atoms with Gasteiger partial charge in [0.2, 0.25) is 0 Å². The van der Waals surface area contributed by atoms with Crippen LogP contribution in [0.1, 0.15) is 22.0 Å². The van der Waals surface area contributed by atoms with E-state index in [0.717, 1.165) is 5.75 Å². The van der Waals surface area contributed by atoms with Gasteiger partial charge >= 0.3 is 0 Å². The monoisotopic (exact) mass is 397 g/mol. The molecule has 3 aromatic rings. The average Bonchev–Trinajstić information content (AvgIpc) is 3.22. The highest BCUT2D eigenvalue weighted by molar-refractivity contribution is 7.99. The zero-order chi connectivity index (χ0) is 18.9. The van der Waals surface area contributed by atoms with Crippen LogP contribution in [0.25, 0.3) is 0 Å². The molecular weight excluding hydrogens is 372 g/mol. The maximum Gasteiger partial charge on any atom is 0.275 e. The van der Waals surface area contributed by atoms with E-state index in [1.54, 1.807) is 23.1 Å². The summed E-state index contributed by atoms with van der Waals surface area (Å²) in [5.41, 5.74) is 2.48. The molecule has 0 radical (unpaired) electrons. The molecule has 0 bridgehead atoms. The van der Waals surface area contributed by atoms with Crippen LogP contribution in [-0.2, 0) is 4.79 Å². The number of nitrogens with one attached hydrogen (secondary N) is 1. The van der Waals surface area contributed by atoms with Crippen molar-refractivity contribution >= 4 is 29.0 Å². The molecule has 1 amide bonds. The Hall–Kier alpha value is -2.08. The van der Waals surface area contributed by atoms with Crippen LogP contribution in [0.15, 0.2) is 77.0 Å². The second-order valence-corrected chi connectivity index (χ2v) is 8.50. The molecule has 3 N–H and O–H groups in total. The summed E-state index contributed by atoms with van der Waals surface area (Å²) in [5.74, 6) is 0.958. The van der Waals surface area contributed by atoms with Crippen molar-refractivity contribution < 1.29 is 10.1 Å². The maximum atomic E-state index is 12.3. The SMILES string of the molecule is Cc1ccc([C@H]([NH2+]CC(=O)NCCSc2ccccc2)c2cccs2)cc1. The predicted octanol–water partition coefficient (Wildman–Crippen LogP) is 3.62. The summed E-state index contributed by atoms with van der Waals surface area (Å²) in [4.78, 5) is 14.8. The van der Waals surface area contributed by atoms with Crippen LogP contribution < -0.4 is 10.6 Å². The van der Waals surface area contributed by atoms with Gasteiger partial charge in [0.1, 0.15) is 6.04 Å². The molecule has 1 heterocycles. The van der Waals surface area contributed by atoms with Crippen molar-refractivity contribution in [3.63, 3.8) is 0 Å². The summed E-state index contributed by atoms with van der Waals surface area (Å²) >= 11 is 3.49. The van der Waals surface area contributed by atoms with E-state index >= 15 is 0 Å². The van der Waals surface area contributed by atoms with Crippen molar-refractivity contribution in [2.45, 2.75) is 17.9 Å². The van der Waals surface area contributed by atoms with Gasteiger partial charge in [-0.05, 0) is 30.5 Å². The quantitative estimate of drug-likeness (QED) is 0.428. The molecule has 0 aliphatic heterocycles. The summed E-state index contributed by atoms with van der Waals surface area (Å²) in [6.07, 6.45) is 0. The van der Waals surface area contributed by atoms with E-state index < -0.39 is 0 Å². The molecule has 27 heavy (non-hydrogen) atoms. The van der Waals surface area contributed by atoms with Gasteiger partial charge in [0, 0.05) is 22.8 Å². The van der Waals surface area contributed by atoms with Gasteiger partial charge in [-0.2, -0.15) is 0 Å². The Kier molecular flexibility index (Phi) is 7.51. The fourth-order valence-corrected chi connectivity index (χ4v) is 4.47. The number of thioether (sulfide) groups is 1. The van der Waals surface area contributed by atoms with Crippen molar-refractivity contribution in [2.24, 2.45) is 0 Å². The van der Waals surface area contributed by atoms with E-state index in [2.05, 4.69) is 71.5 Å². The molecule has 0 spiro atoms. The first-order valence-corrected chi connectivity index (χ1v) is 11.0. The zero-order valence-electron chi connectivity index (χ0n) is 15.4. The third kappa shape index (κ3) is 6.24. The Morgan fingerprint density at radius 3 is 2.56 bits per heavy atom. The molecule has 5 heteroatoms. The number of thiophene rings is 1. The van der Waals surface area contributed by atoms with Gasteiger partial charge in [-0.15, -0.1) is 23.1 Å². The first-order valence-electron chi connectivity index (χ1n) is 9.10. The smallest absolute Gasteiger partial charge is 0.275 e. The molecule has 3 rings (SSSR count). The van der Waals surface area contributed by atoms with Crippen LogP contribution in [0.4, 0.5) is 0 Å². The minimum absolute atomic E-state index is 0.0809. The highest BCUT2D eigenvalue weighted by Crippen LogP contribution is 2.23. The average molecular weight is 398 g/mol. The van der Waals surface area contributed by atoms with Crippen LogP contribution in [0, 0.1) is 6.92 Å². The Labute approximate surface area is 169 Å². The van der Waals surface area contributed by atoms with E-state index in [4.69, 9.17) is 0 Å². The second-order valence-electron chi connectivity index (χ2n) is 6.36. The number of amides is 1. The largest absolute Gasteiger partial charge is 0.350 e. The van der Waals surface area contributed by atoms with Crippen LogP contribution >= 0.6 is 23.1 Å². The lowest BCUT2D eigenvalue weighted by molar-refractivity contribution is -0.676. The van der Waals surface area contributed by atoms with E-state index in [1.165, 1.54) is 20.9 Å². The minimum Gasteiger partial charge on any atom is -0.350 e. The molecule has 0 unspecified atom stereocenters. The van der Waals surface area contributed by atoms with Gasteiger partial charge in [0.25, 0.3) is 5.91 Å². The fraction of sp³-hybridized carbons (Fsp3) is 0.227. The van der Waals surface area contributed by atoms with Crippen LogP contribution in [0.3, 0.4) is 0 Å². The molecular formula is C22H25N2OS2+. The minimum atomic E-state index is 0.0809. The number of benzene rings is 2. The number of carbonyl (C=O) groups excluding carboxylic acids is 1. The molecule has 1 atom stereocenters. The lowest BCUT2D eigenvalue weighted by atomic mass is 10.0. The van der Waals surface area contributed by atoms with E-state index in [-0.39, 0.29) is 11.9 Å². The van der Waals surface area contributed by atoms with Crippen molar-refractivity contribution in [2.75, 3.05) is 18.8 Å². The molecule has 0 saturated carbocycles. The van der Waals surface area contributed by atoms with E-state index in [1.807, 2.05) is 18.2 Å². The zero-order valence-corrected chi connectivity index (χ0v) is 17.1. The Bertz CT molecular complexity index is 817. The lowest BCUT2D eigenvalue weighted by Crippen LogP contribution is -2.87. The number of aryl methyl sites for hydroxylation is 1. The van der Waals surface area contributed by atoms with Crippen molar-refractivity contribution in [1.82, 2.24) is 5.32 Å². The number of nitrogens with two attached hydrogens (primary N) is 1. The van der Waals surface area contributed by atoms with Gasteiger partial charge in [-0.3, -0.25) is 4.79 Å². The predicted molar refractivity (Wildman–Crippen MR) is 114 cm³/mol. The number of rotatable bonds is 9. The Balaban J connectivity index is 1.48. The summed E-state index contributed by atoms with van der Waals surface area (Å²) in [6, 6.07) is 23.2. The van der Waals surface area contributed by atoms with Gasteiger partial charge in [0.15, 0.2) is 6.54 Å². The van der Waals surface area contributed by atoms with Crippen molar-refractivity contribution in [1.29, 1.82) is 0 Å². The first kappa shape index (κ1) is 19.7. The fourth-order valence-electron chi connectivity index (χ4n) is 2.83. The molecule has 0 aliphatic carbocycles. The van der Waals surface area contributed by atoms with Crippen molar-refractivity contribution in [3.8, 4) is 0 Å². The highest BCUT2D eigenvalue weighted by Gasteiger charge is 2.19. The number of carbonyl (C=O) groups is 1. The number of hydrogen-bond donors (Lipinski definition) is 2. The molecule has 3 nitrogen and oxygen atoms in total. The highest BCUT2D eigenvalue weighted by atomic mass is 32.2. The van der Waals surface area contributed by atoms with Gasteiger partial charge < -0.3 is 10.6 Å². The molecule has 1 aromatic heterocycles. The molecule has 0 saturated heterocycles. The third-order valence-electron chi connectivity index (χ3n) is 4.26. The van der Waals surface area contributed by atoms with Gasteiger partial charge in [-0.25, -0.2) is 0 Å². The summed E-state index contributed by atoms with van der Waals surface area (Å²) in [5, 5.41) is 7.24. The lowest BCUT2D eigenvalue weighted by Gasteiger charge is -2.15. The molecule has 0 fully saturated rings. The number of hydrogen-bond acceptors (Lipinski definition) is 3. The standard InChI is InChI=1S/C22H24N2OS2/c1-17-9-11-18(12-10-17)22(20-8-5-14-27-20)24-16-21(25)23-13-15-26-19-6-3-2-4-7-19/h2-12,14,22,24H,13,15-16H2,1H3,(H,23,25)/p+1/t22-/m0/s1. The second kappa shape index (κ2) is 10.3. The summed E-state index contributed by atoms with van der Waals surface area (Å²) < 4.78 is 0. The van der Waals surface area contributed by atoms with Crippen LogP contribution in [0.2, 0.25) is 0 Å². The summed E-state index contributed by atoms with van der Waals surface area (Å²) in [7, 11) is 0. The third-order valence-corrected chi connectivity index (χ3v) is 6.23. The van der Waals surface area contributed by atoms with Crippen LogP contribution in [0.5, 0.6) is 0 Å². The summed E-state index contributed by atoms with van der Waals surface area (Å²) in [6.45, 7) is 3.20. The van der Waals surface area contributed by atoms with E-state index in [9.17, 15) is 4.79 Å². The normalized spacial score (nSPS) is 11.9. The topological polar surface area (TPSA) is 45.7 Å². The van der Waals surface area contributed by atoms with Gasteiger partial charge in [-0.1, -0.05) is 54.1 Å². The Morgan fingerprint density at radius 2 is 1.85 bits per heavy atom. The van der Waals surface area contributed by atoms with E-state index in [0.29, 0.717) is 13.1 Å². The number of quaternary nitrogens is 1. The van der Waals surface area contributed by atoms with Crippen molar-refractivity contribution in [3.05, 3.63) is 88.1 Å².